The Hall–Kier alpha value is -0.910. The van der Waals surface area contributed by atoms with E-state index in [1.165, 1.54) is 0 Å². The van der Waals surface area contributed by atoms with Crippen LogP contribution >= 0.6 is 0 Å². The molecule has 15 heavy (non-hydrogen) atoms. The highest BCUT2D eigenvalue weighted by Crippen LogP contribution is 1.82. The Bertz CT molecular complexity index is 182. The van der Waals surface area contributed by atoms with Gasteiger partial charge in [0, 0.05) is 31.6 Å². The summed E-state index contributed by atoms with van der Waals surface area (Å²) in [4.78, 5) is 3.99. The molecule has 5 nitrogen and oxygen atoms in total. The van der Waals surface area contributed by atoms with E-state index in [0.717, 1.165) is 19.5 Å². The summed E-state index contributed by atoms with van der Waals surface area (Å²) >= 11 is 0. The molecule has 0 aliphatic rings. The normalized spacial score (nSPS) is 13.8. The van der Waals surface area contributed by atoms with Crippen LogP contribution in [0.1, 0.15) is 12.8 Å². The second kappa shape index (κ2) is 11.2. The third-order valence-electron chi connectivity index (χ3n) is 1.79. The van der Waals surface area contributed by atoms with Crippen LogP contribution in [-0.4, -0.2) is 44.7 Å². The van der Waals surface area contributed by atoms with Gasteiger partial charge in [-0.05, 0) is 27.1 Å². The summed E-state index contributed by atoms with van der Waals surface area (Å²) in [6, 6.07) is 0. The van der Waals surface area contributed by atoms with Gasteiger partial charge in [-0.25, -0.2) is 0 Å². The molecular weight excluding hydrogens is 192 g/mol. The molecule has 0 aromatic carbocycles. The van der Waals surface area contributed by atoms with Gasteiger partial charge < -0.3 is 15.7 Å². The van der Waals surface area contributed by atoms with Crippen molar-refractivity contribution in [1.29, 1.82) is 0 Å². The van der Waals surface area contributed by atoms with Gasteiger partial charge in [0.05, 0.1) is 0 Å². The van der Waals surface area contributed by atoms with E-state index in [2.05, 4.69) is 20.9 Å². The van der Waals surface area contributed by atoms with Crippen molar-refractivity contribution < 1.29 is 5.11 Å². The molecule has 0 spiro atoms. The number of rotatable bonds is 9. The van der Waals surface area contributed by atoms with Crippen LogP contribution in [0.2, 0.25) is 0 Å². The summed E-state index contributed by atoms with van der Waals surface area (Å²) < 4.78 is 0. The predicted molar refractivity (Wildman–Crippen MR) is 63.9 cm³/mol. The molecule has 0 aliphatic carbocycles. The van der Waals surface area contributed by atoms with Crippen molar-refractivity contribution in [3.8, 4) is 0 Å². The van der Waals surface area contributed by atoms with Crippen LogP contribution in [0.25, 0.3) is 0 Å². The molecule has 0 aromatic heterocycles. The van der Waals surface area contributed by atoms with Crippen molar-refractivity contribution in [3.63, 3.8) is 0 Å². The van der Waals surface area contributed by atoms with E-state index in [1.807, 2.05) is 7.05 Å². The molecule has 0 fully saturated rings. The summed E-state index contributed by atoms with van der Waals surface area (Å²) in [7, 11) is 3.64. The monoisotopic (exact) mass is 214 g/mol. The Morgan fingerprint density at radius 2 is 2.13 bits per heavy atom. The number of hydrogen-bond acceptors (Lipinski definition) is 5. The number of nitrogens with one attached hydrogen (secondary N) is 3. The van der Waals surface area contributed by atoms with E-state index in [9.17, 15) is 0 Å². The highest BCUT2D eigenvalue weighted by atomic mass is 16.3. The summed E-state index contributed by atoms with van der Waals surface area (Å²) in [5, 5.41) is 18.0. The Balaban J connectivity index is 3.29. The second-order valence-electron chi connectivity index (χ2n) is 3.10. The van der Waals surface area contributed by atoms with Gasteiger partial charge in [0.2, 0.25) is 0 Å². The van der Waals surface area contributed by atoms with Crippen molar-refractivity contribution in [2.45, 2.75) is 19.1 Å². The zero-order valence-corrected chi connectivity index (χ0v) is 9.53. The van der Waals surface area contributed by atoms with Crippen LogP contribution in [0.15, 0.2) is 17.4 Å². The lowest BCUT2D eigenvalue weighted by molar-refractivity contribution is 0.156. The minimum absolute atomic E-state index is 0.509. The van der Waals surface area contributed by atoms with Gasteiger partial charge in [-0.1, -0.05) is 0 Å². The maximum Gasteiger partial charge on any atom is 0.109 e. The first-order chi connectivity index (χ1) is 7.31. The van der Waals surface area contributed by atoms with Crippen LogP contribution in [0, 0.1) is 0 Å². The Labute approximate surface area is 91.7 Å². The van der Waals surface area contributed by atoms with Gasteiger partial charge in [-0.3, -0.25) is 10.3 Å². The maximum absolute atomic E-state index is 9.11. The van der Waals surface area contributed by atoms with E-state index in [4.69, 9.17) is 5.11 Å². The number of aliphatic imine (C=N–C) groups is 1. The average molecular weight is 214 g/mol. The van der Waals surface area contributed by atoms with Crippen molar-refractivity contribution in [3.05, 3.63) is 12.4 Å². The lowest BCUT2D eigenvalue weighted by Gasteiger charge is -2.02. The van der Waals surface area contributed by atoms with Crippen LogP contribution in [0.4, 0.5) is 0 Å². The lowest BCUT2D eigenvalue weighted by atomic mass is 10.4. The molecule has 0 amide bonds. The highest BCUT2D eigenvalue weighted by molar-refractivity contribution is 5.58. The predicted octanol–water partition coefficient (Wildman–Crippen LogP) is -0.345. The van der Waals surface area contributed by atoms with Crippen molar-refractivity contribution >= 4 is 6.21 Å². The summed E-state index contributed by atoms with van der Waals surface area (Å²) in [6.45, 7) is 1.95. The molecule has 5 heteroatoms. The minimum Gasteiger partial charge on any atom is -0.390 e. The van der Waals surface area contributed by atoms with Gasteiger partial charge in [0.25, 0.3) is 0 Å². The van der Waals surface area contributed by atoms with E-state index in [1.54, 1.807) is 25.7 Å². The Kier molecular flexibility index (Phi) is 10.5. The number of hydrogen-bond donors (Lipinski definition) is 4. The van der Waals surface area contributed by atoms with Crippen LogP contribution in [0.3, 0.4) is 0 Å². The molecule has 88 valence electrons. The molecule has 0 saturated heterocycles. The van der Waals surface area contributed by atoms with Gasteiger partial charge in [-0.2, -0.15) is 0 Å². The molecule has 0 bridgehead atoms. The van der Waals surface area contributed by atoms with Crippen molar-refractivity contribution in [2.24, 2.45) is 4.99 Å². The number of aliphatic hydroxyl groups excluding tert-OH is 1. The molecule has 0 aliphatic heterocycles. The number of aliphatic hydroxyl groups is 1. The third-order valence-corrected chi connectivity index (χ3v) is 1.79. The summed E-state index contributed by atoms with van der Waals surface area (Å²) in [6.07, 6.45) is 6.25. The number of nitrogens with zero attached hydrogens (tertiary/aromatic N) is 1. The summed E-state index contributed by atoms with van der Waals surface area (Å²) in [5.41, 5.74) is 0. The SMILES string of the molecule is CNCCCN/C=C/N=CCC(O)NC. The largest absolute Gasteiger partial charge is 0.390 e. The summed E-state index contributed by atoms with van der Waals surface area (Å²) in [5.74, 6) is 0. The van der Waals surface area contributed by atoms with E-state index < -0.39 is 6.23 Å². The first kappa shape index (κ1) is 14.1. The van der Waals surface area contributed by atoms with Crippen molar-refractivity contribution in [1.82, 2.24) is 16.0 Å². The molecule has 1 atom stereocenters. The third kappa shape index (κ3) is 11.0. The fourth-order valence-corrected chi connectivity index (χ4v) is 0.886. The molecule has 0 heterocycles. The molecule has 0 rings (SSSR count). The highest BCUT2D eigenvalue weighted by Gasteiger charge is 1.93. The van der Waals surface area contributed by atoms with E-state index in [-0.39, 0.29) is 0 Å². The lowest BCUT2D eigenvalue weighted by Crippen LogP contribution is -2.24. The zero-order chi connectivity index (χ0) is 11.4. The fourth-order valence-electron chi connectivity index (χ4n) is 0.886. The van der Waals surface area contributed by atoms with Gasteiger partial charge >= 0.3 is 0 Å². The van der Waals surface area contributed by atoms with Gasteiger partial charge in [0.15, 0.2) is 0 Å². The average Bonchev–Trinajstić information content (AvgIpc) is 2.26. The van der Waals surface area contributed by atoms with Crippen LogP contribution in [-0.2, 0) is 0 Å². The first-order valence-electron chi connectivity index (χ1n) is 5.21. The minimum atomic E-state index is -0.509. The molecule has 4 N–H and O–H groups in total. The standard InChI is InChI=1S/C10H22N4O/c1-11-5-3-6-13-8-9-14-7-4-10(15)12-2/h7-13,15H,3-6H2,1-2H3/b9-8+,14-7?. The fraction of sp³-hybridized carbons (Fsp3) is 0.700. The molecule has 0 radical (unpaired) electrons. The molecular formula is C10H22N4O. The first-order valence-corrected chi connectivity index (χ1v) is 5.21. The Morgan fingerprint density at radius 1 is 1.33 bits per heavy atom. The zero-order valence-electron chi connectivity index (χ0n) is 9.53. The Morgan fingerprint density at radius 3 is 2.80 bits per heavy atom. The topological polar surface area (TPSA) is 68.7 Å². The van der Waals surface area contributed by atoms with Gasteiger partial charge in [-0.15, -0.1) is 0 Å². The van der Waals surface area contributed by atoms with Gasteiger partial charge in [0.1, 0.15) is 6.23 Å². The molecule has 0 saturated carbocycles. The van der Waals surface area contributed by atoms with Crippen LogP contribution < -0.4 is 16.0 Å². The van der Waals surface area contributed by atoms with E-state index >= 15 is 0 Å². The second-order valence-corrected chi connectivity index (χ2v) is 3.10. The van der Waals surface area contributed by atoms with Crippen molar-refractivity contribution in [2.75, 3.05) is 27.2 Å². The molecule has 1 unspecified atom stereocenters. The van der Waals surface area contributed by atoms with E-state index in [0.29, 0.717) is 6.42 Å². The molecule has 0 aromatic rings. The van der Waals surface area contributed by atoms with Crippen LogP contribution in [0.5, 0.6) is 0 Å². The quantitative estimate of drug-likeness (QED) is 0.241. The smallest absolute Gasteiger partial charge is 0.109 e. The maximum atomic E-state index is 9.11.